The quantitative estimate of drug-likeness (QED) is 0.758. The Bertz CT molecular complexity index is 278. The molecule has 0 saturated heterocycles. The van der Waals surface area contributed by atoms with Gasteiger partial charge in [0.15, 0.2) is 0 Å². The minimum Gasteiger partial charge on any atom is -0.383 e. The van der Waals surface area contributed by atoms with Gasteiger partial charge in [-0.3, -0.25) is 0 Å². The average Bonchev–Trinajstić information content (AvgIpc) is 2.18. The Morgan fingerprint density at radius 1 is 1.21 bits per heavy atom. The Morgan fingerprint density at radius 2 is 1.93 bits per heavy atom. The summed E-state index contributed by atoms with van der Waals surface area (Å²) in [4.78, 5) is 0. The van der Waals surface area contributed by atoms with Crippen molar-refractivity contribution >= 4 is 5.69 Å². The SMILES string of the molecule is CC[C@H](C)Nc1cccc(C(C)C)c1. The molecule has 0 spiro atoms. The summed E-state index contributed by atoms with van der Waals surface area (Å²) in [6.07, 6.45) is 1.16. The molecule has 0 aliphatic rings. The lowest BCUT2D eigenvalue weighted by molar-refractivity contribution is 0.763. The molecule has 1 aromatic rings. The van der Waals surface area contributed by atoms with Crippen molar-refractivity contribution in [2.24, 2.45) is 0 Å². The molecule has 0 heterocycles. The van der Waals surface area contributed by atoms with Crippen molar-refractivity contribution in [3.8, 4) is 0 Å². The summed E-state index contributed by atoms with van der Waals surface area (Å²) in [5.74, 6) is 0.605. The van der Waals surface area contributed by atoms with Crippen molar-refractivity contribution in [2.75, 3.05) is 5.32 Å². The molecule has 1 heteroatoms. The van der Waals surface area contributed by atoms with E-state index in [1.165, 1.54) is 11.3 Å². The molecule has 0 unspecified atom stereocenters. The van der Waals surface area contributed by atoms with Gasteiger partial charge >= 0.3 is 0 Å². The Morgan fingerprint density at radius 3 is 2.50 bits per heavy atom. The highest BCUT2D eigenvalue weighted by Crippen LogP contribution is 2.19. The van der Waals surface area contributed by atoms with Crippen molar-refractivity contribution < 1.29 is 0 Å². The molecule has 0 aliphatic carbocycles. The van der Waals surface area contributed by atoms with Crippen molar-refractivity contribution in [3.63, 3.8) is 0 Å². The Labute approximate surface area is 87.5 Å². The number of nitrogens with one attached hydrogen (secondary N) is 1. The van der Waals surface area contributed by atoms with Gasteiger partial charge in [0, 0.05) is 11.7 Å². The van der Waals surface area contributed by atoms with Crippen LogP contribution in [0.2, 0.25) is 0 Å². The van der Waals surface area contributed by atoms with Gasteiger partial charge in [0.1, 0.15) is 0 Å². The fourth-order valence-electron chi connectivity index (χ4n) is 1.37. The zero-order valence-electron chi connectivity index (χ0n) is 9.67. The lowest BCUT2D eigenvalue weighted by atomic mass is 10.0. The van der Waals surface area contributed by atoms with Crippen LogP contribution in [0.3, 0.4) is 0 Å². The first-order valence-electron chi connectivity index (χ1n) is 5.50. The van der Waals surface area contributed by atoms with E-state index in [0.717, 1.165) is 6.42 Å². The van der Waals surface area contributed by atoms with Crippen molar-refractivity contribution in [1.82, 2.24) is 0 Å². The van der Waals surface area contributed by atoms with Crippen LogP contribution in [0, 0.1) is 0 Å². The minimum absolute atomic E-state index is 0.553. The number of hydrogen-bond donors (Lipinski definition) is 1. The largest absolute Gasteiger partial charge is 0.383 e. The molecular weight excluding hydrogens is 170 g/mol. The normalized spacial score (nSPS) is 12.9. The zero-order chi connectivity index (χ0) is 10.6. The van der Waals surface area contributed by atoms with Gasteiger partial charge in [-0.1, -0.05) is 32.9 Å². The van der Waals surface area contributed by atoms with E-state index in [0.29, 0.717) is 12.0 Å². The van der Waals surface area contributed by atoms with Gasteiger partial charge in [-0.05, 0) is 37.0 Å². The van der Waals surface area contributed by atoms with Crippen LogP contribution in [-0.2, 0) is 0 Å². The third kappa shape index (κ3) is 3.06. The van der Waals surface area contributed by atoms with Crippen molar-refractivity contribution in [2.45, 2.75) is 46.1 Å². The molecule has 1 atom stereocenters. The van der Waals surface area contributed by atoms with Gasteiger partial charge in [0.2, 0.25) is 0 Å². The van der Waals surface area contributed by atoms with E-state index in [1.54, 1.807) is 0 Å². The van der Waals surface area contributed by atoms with Gasteiger partial charge in [-0.25, -0.2) is 0 Å². The summed E-state index contributed by atoms with van der Waals surface area (Å²) < 4.78 is 0. The predicted octanol–water partition coefficient (Wildman–Crippen LogP) is 4.02. The molecule has 78 valence electrons. The summed E-state index contributed by atoms with van der Waals surface area (Å²) in [6, 6.07) is 9.25. The third-order valence-electron chi connectivity index (χ3n) is 2.58. The smallest absolute Gasteiger partial charge is 0.0345 e. The molecular formula is C13H21N. The third-order valence-corrected chi connectivity index (χ3v) is 2.58. The Balaban J connectivity index is 2.73. The second-order valence-corrected chi connectivity index (χ2v) is 4.23. The van der Waals surface area contributed by atoms with E-state index < -0.39 is 0 Å². The number of benzene rings is 1. The van der Waals surface area contributed by atoms with E-state index in [1.807, 2.05) is 0 Å². The standard InChI is InChI=1S/C13H21N/c1-5-11(4)14-13-8-6-7-12(9-13)10(2)3/h6-11,14H,5H2,1-4H3/t11-/m0/s1. The number of rotatable bonds is 4. The molecule has 0 bridgehead atoms. The van der Waals surface area contributed by atoms with Gasteiger partial charge in [0.05, 0.1) is 0 Å². The molecule has 0 fully saturated rings. The summed E-state index contributed by atoms with van der Waals surface area (Å²) in [7, 11) is 0. The first kappa shape index (κ1) is 11.1. The molecule has 1 N–H and O–H groups in total. The van der Waals surface area contributed by atoms with E-state index in [4.69, 9.17) is 0 Å². The van der Waals surface area contributed by atoms with E-state index in [9.17, 15) is 0 Å². The van der Waals surface area contributed by atoms with Crippen LogP contribution < -0.4 is 5.32 Å². The summed E-state index contributed by atoms with van der Waals surface area (Å²) in [5, 5.41) is 3.49. The molecule has 14 heavy (non-hydrogen) atoms. The zero-order valence-corrected chi connectivity index (χ0v) is 9.67. The summed E-state index contributed by atoms with van der Waals surface area (Å²) >= 11 is 0. The van der Waals surface area contributed by atoms with Crippen LogP contribution in [0.15, 0.2) is 24.3 Å². The first-order chi connectivity index (χ1) is 6.63. The van der Waals surface area contributed by atoms with Crippen LogP contribution in [0.25, 0.3) is 0 Å². The van der Waals surface area contributed by atoms with Crippen molar-refractivity contribution in [3.05, 3.63) is 29.8 Å². The van der Waals surface area contributed by atoms with Gasteiger partial charge < -0.3 is 5.32 Å². The summed E-state index contributed by atoms with van der Waals surface area (Å²) in [6.45, 7) is 8.86. The fourth-order valence-corrected chi connectivity index (χ4v) is 1.37. The second-order valence-electron chi connectivity index (χ2n) is 4.23. The number of hydrogen-bond acceptors (Lipinski definition) is 1. The Kier molecular flexibility index (Phi) is 3.99. The molecule has 1 rings (SSSR count). The monoisotopic (exact) mass is 191 g/mol. The maximum atomic E-state index is 3.49. The Hall–Kier alpha value is -0.980. The maximum Gasteiger partial charge on any atom is 0.0345 e. The van der Waals surface area contributed by atoms with Crippen LogP contribution in [0.1, 0.15) is 45.6 Å². The fraction of sp³-hybridized carbons (Fsp3) is 0.538. The van der Waals surface area contributed by atoms with Crippen molar-refractivity contribution in [1.29, 1.82) is 0 Å². The molecule has 0 radical (unpaired) electrons. The van der Waals surface area contributed by atoms with E-state index in [-0.39, 0.29) is 0 Å². The molecule has 0 aliphatic heterocycles. The molecule has 0 aromatic heterocycles. The highest BCUT2D eigenvalue weighted by Gasteiger charge is 2.02. The number of anilines is 1. The van der Waals surface area contributed by atoms with E-state index >= 15 is 0 Å². The molecule has 0 saturated carbocycles. The second kappa shape index (κ2) is 5.04. The van der Waals surface area contributed by atoms with Gasteiger partial charge in [-0.15, -0.1) is 0 Å². The summed E-state index contributed by atoms with van der Waals surface area (Å²) in [5.41, 5.74) is 2.64. The van der Waals surface area contributed by atoms with Crippen LogP contribution in [-0.4, -0.2) is 6.04 Å². The predicted molar refractivity (Wildman–Crippen MR) is 63.9 cm³/mol. The highest BCUT2D eigenvalue weighted by molar-refractivity contribution is 5.47. The lowest BCUT2D eigenvalue weighted by Gasteiger charge is -2.14. The average molecular weight is 191 g/mol. The van der Waals surface area contributed by atoms with E-state index in [2.05, 4.69) is 57.3 Å². The van der Waals surface area contributed by atoms with Gasteiger partial charge in [0.25, 0.3) is 0 Å². The highest BCUT2D eigenvalue weighted by atomic mass is 14.9. The maximum absolute atomic E-state index is 3.49. The van der Waals surface area contributed by atoms with Crippen LogP contribution in [0.4, 0.5) is 5.69 Å². The molecule has 1 nitrogen and oxygen atoms in total. The minimum atomic E-state index is 0.553. The van der Waals surface area contributed by atoms with Crippen LogP contribution >= 0.6 is 0 Å². The first-order valence-corrected chi connectivity index (χ1v) is 5.50. The van der Waals surface area contributed by atoms with Gasteiger partial charge in [-0.2, -0.15) is 0 Å². The lowest BCUT2D eigenvalue weighted by Crippen LogP contribution is -2.13. The topological polar surface area (TPSA) is 12.0 Å². The van der Waals surface area contributed by atoms with Crippen LogP contribution in [0.5, 0.6) is 0 Å². The molecule has 1 aromatic carbocycles. The molecule has 0 amide bonds.